The lowest BCUT2D eigenvalue weighted by atomic mass is 10.2. The van der Waals surface area contributed by atoms with Crippen molar-refractivity contribution in [3.63, 3.8) is 0 Å². The number of benzene rings is 2. The summed E-state index contributed by atoms with van der Waals surface area (Å²) >= 11 is 5.63. The van der Waals surface area contributed by atoms with E-state index in [1.54, 1.807) is 24.3 Å². The van der Waals surface area contributed by atoms with Crippen molar-refractivity contribution in [3.05, 3.63) is 70.0 Å². The Morgan fingerprint density at radius 2 is 2.00 bits per heavy atom. The predicted octanol–water partition coefficient (Wildman–Crippen LogP) is 2.76. The SMILES string of the molecule is O=C(COC(=O)CCn1cnc2ccccc2c1=O)Nc1ccc(F)c(Cl)c1. The highest BCUT2D eigenvalue weighted by Gasteiger charge is 2.11. The number of carbonyl (C=O) groups is 2. The lowest BCUT2D eigenvalue weighted by Crippen LogP contribution is -2.24. The Morgan fingerprint density at radius 1 is 1.21 bits per heavy atom. The molecule has 28 heavy (non-hydrogen) atoms. The molecule has 1 heterocycles. The van der Waals surface area contributed by atoms with Crippen LogP contribution in [-0.4, -0.2) is 28.0 Å². The molecule has 0 saturated heterocycles. The summed E-state index contributed by atoms with van der Waals surface area (Å²) in [5.74, 6) is -1.85. The van der Waals surface area contributed by atoms with Crippen LogP contribution in [-0.2, 0) is 20.9 Å². The quantitative estimate of drug-likeness (QED) is 0.639. The maximum atomic E-state index is 13.1. The van der Waals surface area contributed by atoms with Gasteiger partial charge in [0.05, 0.1) is 28.7 Å². The minimum Gasteiger partial charge on any atom is -0.456 e. The van der Waals surface area contributed by atoms with E-state index >= 15 is 0 Å². The zero-order chi connectivity index (χ0) is 20.1. The number of para-hydroxylation sites is 1. The van der Waals surface area contributed by atoms with Gasteiger partial charge in [-0.15, -0.1) is 0 Å². The Morgan fingerprint density at radius 3 is 2.79 bits per heavy atom. The Hall–Kier alpha value is -3.26. The molecule has 0 fully saturated rings. The van der Waals surface area contributed by atoms with Gasteiger partial charge in [0.15, 0.2) is 6.61 Å². The number of hydrogen-bond acceptors (Lipinski definition) is 5. The van der Waals surface area contributed by atoms with Crippen molar-refractivity contribution in [1.82, 2.24) is 9.55 Å². The largest absolute Gasteiger partial charge is 0.456 e. The lowest BCUT2D eigenvalue weighted by Gasteiger charge is -2.08. The summed E-state index contributed by atoms with van der Waals surface area (Å²) < 4.78 is 19.3. The molecular formula is C19H15ClFN3O4. The molecular weight excluding hydrogens is 389 g/mol. The number of ether oxygens (including phenoxy) is 1. The van der Waals surface area contributed by atoms with Crippen LogP contribution in [0.15, 0.2) is 53.6 Å². The predicted molar refractivity (Wildman–Crippen MR) is 102 cm³/mol. The molecule has 0 aliphatic rings. The average molecular weight is 404 g/mol. The lowest BCUT2D eigenvalue weighted by molar-refractivity contribution is -0.147. The number of carbonyl (C=O) groups excluding carboxylic acids is 2. The fourth-order valence-electron chi connectivity index (χ4n) is 2.47. The third-order valence-corrected chi connectivity index (χ3v) is 4.15. The summed E-state index contributed by atoms with van der Waals surface area (Å²) in [6, 6.07) is 10.6. The fourth-order valence-corrected chi connectivity index (χ4v) is 2.65. The van der Waals surface area contributed by atoms with Gasteiger partial charge in [-0.2, -0.15) is 0 Å². The number of esters is 1. The second kappa shape index (κ2) is 8.62. The molecule has 0 radical (unpaired) electrons. The number of anilines is 1. The summed E-state index contributed by atoms with van der Waals surface area (Å²) in [6.45, 7) is -0.441. The number of fused-ring (bicyclic) bond motifs is 1. The van der Waals surface area contributed by atoms with E-state index in [4.69, 9.17) is 16.3 Å². The van der Waals surface area contributed by atoms with Crippen molar-refractivity contribution >= 4 is 40.1 Å². The zero-order valence-electron chi connectivity index (χ0n) is 14.5. The van der Waals surface area contributed by atoms with Gasteiger partial charge < -0.3 is 10.1 Å². The van der Waals surface area contributed by atoms with Crippen LogP contribution < -0.4 is 10.9 Å². The van der Waals surface area contributed by atoms with E-state index < -0.39 is 24.3 Å². The van der Waals surface area contributed by atoms with E-state index in [-0.39, 0.29) is 29.2 Å². The molecule has 1 N–H and O–H groups in total. The number of rotatable bonds is 6. The first-order valence-corrected chi connectivity index (χ1v) is 8.66. The number of nitrogens with zero attached hydrogens (tertiary/aromatic N) is 2. The molecule has 3 rings (SSSR count). The van der Waals surface area contributed by atoms with Gasteiger partial charge >= 0.3 is 5.97 Å². The highest BCUT2D eigenvalue weighted by molar-refractivity contribution is 6.31. The standard InChI is InChI=1S/C19H15ClFN3O4/c20-14-9-12(5-6-15(14)21)23-17(25)10-28-18(26)7-8-24-11-22-16-4-2-1-3-13(16)19(24)27/h1-6,9,11H,7-8,10H2,(H,23,25). The van der Waals surface area contributed by atoms with Crippen molar-refractivity contribution in [2.75, 3.05) is 11.9 Å². The Kier molecular flexibility index (Phi) is 6.00. The average Bonchev–Trinajstić information content (AvgIpc) is 2.69. The summed E-state index contributed by atoms with van der Waals surface area (Å²) in [5, 5.41) is 2.76. The van der Waals surface area contributed by atoms with Gasteiger partial charge in [-0.1, -0.05) is 23.7 Å². The first kappa shape index (κ1) is 19.5. The monoisotopic (exact) mass is 403 g/mol. The van der Waals surface area contributed by atoms with Crippen molar-refractivity contribution in [3.8, 4) is 0 Å². The van der Waals surface area contributed by atoms with E-state index in [1.165, 1.54) is 23.0 Å². The van der Waals surface area contributed by atoms with Crippen LogP contribution in [0.5, 0.6) is 0 Å². The van der Waals surface area contributed by atoms with E-state index in [2.05, 4.69) is 10.3 Å². The molecule has 9 heteroatoms. The van der Waals surface area contributed by atoms with E-state index in [0.717, 1.165) is 6.07 Å². The van der Waals surface area contributed by atoms with E-state index in [9.17, 15) is 18.8 Å². The number of amides is 1. The zero-order valence-corrected chi connectivity index (χ0v) is 15.3. The van der Waals surface area contributed by atoms with Gasteiger partial charge in [0, 0.05) is 12.2 Å². The summed E-state index contributed by atoms with van der Waals surface area (Å²) in [6.07, 6.45) is 1.26. The molecule has 0 aliphatic carbocycles. The van der Waals surface area contributed by atoms with Crippen LogP contribution in [0.1, 0.15) is 6.42 Å². The molecule has 1 aromatic heterocycles. The highest BCUT2D eigenvalue weighted by Crippen LogP contribution is 2.19. The maximum Gasteiger partial charge on any atom is 0.308 e. The van der Waals surface area contributed by atoms with Crippen LogP contribution in [0.3, 0.4) is 0 Å². The van der Waals surface area contributed by atoms with Crippen LogP contribution >= 0.6 is 11.6 Å². The molecule has 3 aromatic rings. The van der Waals surface area contributed by atoms with Gasteiger partial charge in [-0.3, -0.25) is 19.0 Å². The molecule has 0 bridgehead atoms. The van der Waals surface area contributed by atoms with Crippen LogP contribution in [0.4, 0.5) is 10.1 Å². The first-order valence-electron chi connectivity index (χ1n) is 8.29. The molecule has 2 aromatic carbocycles. The first-order chi connectivity index (χ1) is 13.4. The third kappa shape index (κ3) is 4.72. The number of aromatic nitrogens is 2. The van der Waals surface area contributed by atoms with Crippen LogP contribution in [0.2, 0.25) is 5.02 Å². The fraction of sp³-hybridized carbons (Fsp3) is 0.158. The second-order valence-electron chi connectivity index (χ2n) is 5.85. The maximum absolute atomic E-state index is 13.1. The Bertz CT molecular complexity index is 1100. The van der Waals surface area contributed by atoms with Crippen molar-refractivity contribution in [1.29, 1.82) is 0 Å². The Balaban J connectivity index is 1.50. The third-order valence-electron chi connectivity index (χ3n) is 3.86. The summed E-state index contributed by atoms with van der Waals surface area (Å²) in [5.41, 5.74) is 0.592. The van der Waals surface area contributed by atoms with Crippen molar-refractivity contribution in [2.24, 2.45) is 0 Å². The van der Waals surface area contributed by atoms with Gasteiger partial charge in [-0.05, 0) is 30.3 Å². The number of aryl methyl sites for hydroxylation is 1. The normalized spacial score (nSPS) is 10.6. The van der Waals surface area contributed by atoms with E-state index in [0.29, 0.717) is 10.9 Å². The Labute approximate surface area is 163 Å². The summed E-state index contributed by atoms with van der Waals surface area (Å²) in [7, 11) is 0. The number of hydrogen-bond donors (Lipinski definition) is 1. The van der Waals surface area contributed by atoms with Crippen LogP contribution in [0, 0.1) is 5.82 Å². The smallest absolute Gasteiger partial charge is 0.308 e. The number of nitrogens with one attached hydrogen (secondary N) is 1. The van der Waals surface area contributed by atoms with Gasteiger partial charge in [0.1, 0.15) is 5.82 Å². The van der Waals surface area contributed by atoms with Crippen LogP contribution in [0.25, 0.3) is 10.9 Å². The van der Waals surface area contributed by atoms with Crippen molar-refractivity contribution in [2.45, 2.75) is 13.0 Å². The second-order valence-corrected chi connectivity index (χ2v) is 6.26. The molecule has 0 atom stereocenters. The molecule has 1 amide bonds. The van der Waals surface area contributed by atoms with Gasteiger partial charge in [0.25, 0.3) is 11.5 Å². The molecule has 7 nitrogen and oxygen atoms in total. The van der Waals surface area contributed by atoms with Gasteiger partial charge in [-0.25, -0.2) is 9.37 Å². The van der Waals surface area contributed by atoms with Crippen molar-refractivity contribution < 1.29 is 18.7 Å². The minimum atomic E-state index is -0.646. The topological polar surface area (TPSA) is 90.3 Å². The minimum absolute atomic E-state index is 0.0741. The van der Waals surface area contributed by atoms with E-state index in [1.807, 2.05) is 0 Å². The molecule has 144 valence electrons. The molecule has 0 unspecified atom stereocenters. The number of halogens is 2. The highest BCUT2D eigenvalue weighted by atomic mass is 35.5. The molecule has 0 aliphatic heterocycles. The summed E-state index contributed by atoms with van der Waals surface area (Å²) in [4.78, 5) is 40.1. The molecule has 0 saturated carbocycles. The molecule has 0 spiro atoms. The van der Waals surface area contributed by atoms with Gasteiger partial charge in [0.2, 0.25) is 0 Å².